The van der Waals surface area contributed by atoms with E-state index in [2.05, 4.69) is 25.9 Å². The molecular formula is C5H6BrN3O2S. The number of nitrogens with zero attached hydrogens (tertiary/aromatic N) is 2. The van der Waals surface area contributed by atoms with E-state index in [1.54, 1.807) is 0 Å². The van der Waals surface area contributed by atoms with Crippen LogP contribution in [0.1, 0.15) is 0 Å². The molecule has 7 heteroatoms. The second-order valence-electron chi connectivity index (χ2n) is 2.16. The van der Waals surface area contributed by atoms with Gasteiger partial charge in [-0.3, -0.25) is 0 Å². The monoisotopic (exact) mass is 251 g/mol. The van der Waals surface area contributed by atoms with E-state index in [1.165, 1.54) is 6.20 Å². The normalized spacial score (nSPS) is 11.5. The molecule has 0 saturated carbocycles. The van der Waals surface area contributed by atoms with E-state index in [9.17, 15) is 8.42 Å². The minimum Gasteiger partial charge on any atom is -0.383 e. The van der Waals surface area contributed by atoms with Crippen molar-refractivity contribution < 1.29 is 8.42 Å². The highest BCUT2D eigenvalue weighted by molar-refractivity contribution is 9.10. The van der Waals surface area contributed by atoms with Crippen LogP contribution in [0.15, 0.2) is 15.8 Å². The van der Waals surface area contributed by atoms with Crippen molar-refractivity contribution in [3.8, 4) is 0 Å². The van der Waals surface area contributed by atoms with E-state index in [0.29, 0.717) is 4.47 Å². The fourth-order valence-electron chi connectivity index (χ4n) is 0.542. The van der Waals surface area contributed by atoms with Crippen molar-refractivity contribution in [2.75, 3.05) is 12.0 Å². The Labute approximate surface area is 78.1 Å². The van der Waals surface area contributed by atoms with Gasteiger partial charge in [0, 0.05) is 12.5 Å². The fourth-order valence-corrected chi connectivity index (χ4v) is 1.24. The summed E-state index contributed by atoms with van der Waals surface area (Å²) in [4.78, 5) is 7.16. The predicted octanol–water partition coefficient (Wildman–Crippen LogP) is 0.225. The number of anilines is 1. The van der Waals surface area contributed by atoms with E-state index in [1.807, 2.05) is 0 Å². The molecule has 0 aliphatic rings. The Balaban J connectivity index is 3.33. The van der Waals surface area contributed by atoms with Gasteiger partial charge in [-0.1, -0.05) is 0 Å². The highest BCUT2D eigenvalue weighted by Crippen LogP contribution is 2.16. The van der Waals surface area contributed by atoms with Crippen LogP contribution in [0.25, 0.3) is 0 Å². The van der Waals surface area contributed by atoms with Gasteiger partial charge >= 0.3 is 0 Å². The molecule has 0 aliphatic heterocycles. The molecule has 0 spiro atoms. The van der Waals surface area contributed by atoms with Crippen LogP contribution in [0.3, 0.4) is 0 Å². The molecule has 1 heterocycles. The van der Waals surface area contributed by atoms with Gasteiger partial charge in [0.15, 0.2) is 0 Å². The predicted molar refractivity (Wildman–Crippen MR) is 47.3 cm³/mol. The second kappa shape index (κ2) is 2.98. The lowest BCUT2D eigenvalue weighted by atomic mass is 10.6. The number of halogens is 1. The molecule has 1 aromatic heterocycles. The summed E-state index contributed by atoms with van der Waals surface area (Å²) in [5.41, 5.74) is 5.35. The van der Waals surface area contributed by atoms with Gasteiger partial charge < -0.3 is 5.73 Å². The second-order valence-corrected chi connectivity index (χ2v) is 4.92. The summed E-state index contributed by atoms with van der Waals surface area (Å²) in [6.07, 6.45) is 2.33. The average molecular weight is 252 g/mol. The molecule has 5 nitrogen and oxygen atoms in total. The Hall–Kier alpha value is -0.690. The lowest BCUT2D eigenvalue weighted by Crippen LogP contribution is -2.06. The molecule has 0 radical (unpaired) electrons. The Bertz CT molecular complexity index is 403. The fraction of sp³-hybridized carbons (Fsp3) is 0.200. The maximum Gasteiger partial charge on any atom is 0.248 e. The van der Waals surface area contributed by atoms with E-state index < -0.39 is 9.84 Å². The molecule has 1 aromatic rings. The van der Waals surface area contributed by atoms with Gasteiger partial charge in [0.1, 0.15) is 5.82 Å². The van der Waals surface area contributed by atoms with Crippen LogP contribution in [-0.4, -0.2) is 24.6 Å². The molecule has 0 amide bonds. The summed E-state index contributed by atoms with van der Waals surface area (Å²) >= 11 is 3.05. The van der Waals surface area contributed by atoms with Gasteiger partial charge in [0.2, 0.25) is 15.0 Å². The summed E-state index contributed by atoms with van der Waals surface area (Å²) in [5.74, 6) is 0.116. The molecule has 0 saturated heterocycles. The zero-order chi connectivity index (χ0) is 9.35. The molecule has 0 atom stereocenters. The molecule has 0 aromatic carbocycles. The Morgan fingerprint density at radius 1 is 1.58 bits per heavy atom. The van der Waals surface area contributed by atoms with Gasteiger partial charge in [-0.25, -0.2) is 18.4 Å². The highest BCUT2D eigenvalue weighted by atomic mass is 79.9. The maximum atomic E-state index is 10.9. The number of nitrogen functional groups attached to an aromatic ring is 1. The first-order chi connectivity index (χ1) is 5.41. The van der Waals surface area contributed by atoms with E-state index in [0.717, 1.165) is 6.26 Å². The molecular weight excluding hydrogens is 246 g/mol. The largest absolute Gasteiger partial charge is 0.383 e. The van der Waals surface area contributed by atoms with Gasteiger partial charge in [-0.15, -0.1) is 0 Å². The topological polar surface area (TPSA) is 85.9 Å². The molecule has 2 N–H and O–H groups in total. The minimum atomic E-state index is -3.37. The van der Waals surface area contributed by atoms with Crippen LogP contribution in [0.5, 0.6) is 0 Å². The van der Waals surface area contributed by atoms with Crippen LogP contribution in [0.2, 0.25) is 0 Å². The number of rotatable bonds is 1. The summed E-state index contributed by atoms with van der Waals surface area (Å²) in [6, 6.07) is 0. The van der Waals surface area contributed by atoms with Crippen LogP contribution >= 0.6 is 15.9 Å². The van der Waals surface area contributed by atoms with Crippen LogP contribution in [0, 0.1) is 0 Å². The number of aromatic nitrogens is 2. The van der Waals surface area contributed by atoms with Crippen molar-refractivity contribution in [1.82, 2.24) is 9.97 Å². The number of hydrogen-bond acceptors (Lipinski definition) is 5. The van der Waals surface area contributed by atoms with Gasteiger partial charge in [0.25, 0.3) is 0 Å². The van der Waals surface area contributed by atoms with Gasteiger partial charge in [-0.2, -0.15) is 0 Å². The summed E-state index contributed by atoms with van der Waals surface area (Å²) < 4.78 is 22.3. The Morgan fingerprint density at radius 2 is 2.17 bits per heavy atom. The van der Waals surface area contributed by atoms with Crippen LogP contribution in [0.4, 0.5) is 5.82 Å². The third-order valence-electron chi connectivity index (χ3n) is 1.08. The minimum absolute atomic E-state index is 0.116. The lowest BCUT2D eigenvalue weighted by molar-refractivity contribution is 0.593. The summed E-state index contributed by atoms with van der Waals surface area (Å²) in [5, 5.41) is -0.261. The lowest BCUT2D eigenvalue weighted by Gasteiger charge is -1.98. The van der Waals surface area contributed by atoms with Crippen LogP contribution < -0.4 is 5.73 Å². The molecule has 1 rings (SSSR count). The van der Waals surface area contributed by atoms with Crippen molar-refractivity contribution in [3.63, 3.8) is 0 Å². The number of hydrogen-bond donors (Lipinski definition) is 1. The molecule has 0 unspecified atom stereocenters. The van der Waals surface area contributed by atoms with Crippen molar-refractivity contribution >= 4 is 31.6 Å². The molecule has 66 valence electrons. The van der Waals surface area contributed by atoms with Crippen molar-refractivity contribution in [3.05, 3.63) is 10.7 Å². The van der Waals surface area contributed by atoms with Gasteiger partial charge in [-0.05, 0) is 15.9 Å². The SMILES string of the molecule is CS(=O)(=O)c1ncc(Br)c(N)n1. The zero-order valence-electron chi connectivity index (χ0n) is 6.15. The zero-order valence-corrected chi connectivity index (χ0v) is 8.55. The first kappa shape index (κ1) is 9.40. The summed E-state index contributed by atoms with van der Waals surface area (Å²) in [7, 11) is -3.37. The summed E-state index contributed by atoms with van der Waals surface area (Å²) in [6.45, 7) is 0. The first-order valence-electron chi connectivity index (χ1n) is 2.89. The Morgan fingerprint density at radius 3 is 2.58 bits per heavy atom. The van der Waals surface area contributed by atoms with E-state index in [4.69, 9.17) is 5.73 Å². The Kier molecular flexibility index (Phi) is 2.34. The van der Waals surface area contributed by atoms with E-state index in [-0.39, 0.29) is 11.0 Å². The standard InChI is InChI=1S/C5H6BrN3O2S/c1-12(10,11)5-8-2-3(6)4(7)9-5/h2H,1H3,(H2,7,8,9). The quantitative estimate of drug-likeness (QED) is 0.723. The third-order valence-corrected chi connectivity index (χ3v) is 2.55. The first-order valence-corrected chi connectivity index (χ1v) is 5.58. The molecule has 0 aliphatic carbocycles. The molecule has 0 bridgehead atoms. The van der Waals surface area contributed by atoms with Crippen molar-refractivity contribution in [2.24, 2.45) is 0 Å². The van der Waals surface area contributed by atoms with Crippen molar-refractivity contribution in [2.45, 2.75) is 5.16 Å². The number of nitrogens with two attached hydrogens (primary N) is 1. The smallest absolute Gasteiger partial charge is 0.248 e. The van der Waals surface area contributed by atoms with Crippen LogP contribution in [-0.2, 0) is 9.84 Å². The molecule has 0 fully saturated rings. The van der Waals surface area contributed by atoms with Crippen molar-refractivity contribution in [1.29, 1.82) is 0 Å². The maximum absolute atomic E-state index is 10.9. The molecule has 12 heavy (non-hydrogen) atoms. The third kappa shape index (κ3) is 1.92. The average Bonchev–Trinajstić information content (AvgIpc) is 1.92. The van der Waals surface area contributed by atoms with E-state index >= 15 is 0 Å². The highest BCUT2D eigenvalue weighted by Gasteiger charge is 2.11. The number of sulfone groups is 1. The van der Waals surface area contributed by atoms with Gasteiger partial charge in [0.05, 0.1) is 4.47 Å².